The molecule has 43 heavy (non-hydrogen) atoms. The molecule has 4 aromatic rings. The molecule has 0 saturated carbocycles. The van der Waals surface area contributed by atoms with Crippen LogP contribution in [0.3, 0.4) is 0 Å². The Morgan fingerprint density at radius 2 is 1.95 bits per heavy atom. The summed E-state index contributed by atoms with van der Waals surface area (Å²) >= 11 is 6.12. The molecule has 0 fully saturated rings. The van der Waals surface area contributed by atoms with Crippen LogP contribution in [0.15, 0.2) is 54.7 Å². The molecular formula is C31H35ClF2N6O2S. The summed E-state index contributed by atoms with van der Waals surface area (Å²) in [6, 6.07) is 11.0. The number of nitrogens with two attached hydrogens (primary N) is 1. The number of nitrogen functional groups attached to an aromatic ring is 1. The number of alkyl halides is 1. The van der Waals surface area contributed by atoms with Crippen molar-refractivity contribution in [2.24, 2.45) is 0 Å². The predicted octanol–water partition coefficient (Wildman–Crippen LogP) is 6.88. The van der Waals surface area contributed by atoms with Gasteiger partial charge in [-0.25, -0.2) is 22.2 Å². The first kappa shape index (κ1) is 30.9. The molecule has 4 N–H and O–H groups in total. The van der Waals surface area contributed by atoms with E-state index in [2.05, 4.69) is 21.1 Å². The van der Waals surface area contributed by atoms with Crippen molar-refractivity contribution >= 4 is 49.6 Å². The average Bonchev–Trinajstić information content (AvgIpc) is 3.37. The Hall–Kier alpha value is -3.54. The van der Waals surface area contributed by atoms with Gasteiger partial charge in [0.25, 0.3) is 0 Å². The van der Waals surface area contributed by atoms with Crippen LogP contribution in [-0.4, -0.2) is 41.9 Å². The van der Waals surface area contributed by atoms with Gasteiger partial charge in [-0.15, -0.1) is 0 Å². The molecule has 228 valence electrons. The van der Waals surface area contributed by atoms with Crippen LogP contribution >= 0.6 is 11.6 Å². The lowest BCUT2D eigenvalue weighted by molar-refractivity contribution is 0.323. The van der Waals surface area contributed by atoms with Crippen LogP contribution in [0, 0.1) is 5.82 Å². The molecule has 1 aliphatic carbocycles. The number of hydrogen-bond acceptors (Lipinski definition) is 6. The summed E-state index contributed by atoms with van der Waals surface area (Å²) in [5.74, 6) is -0.894. The number of pyridine rings is 1. The fourth-order valence-electron chi connectivity index (χ4n) is 5.37. The fourth-order valence-corrected chi connectivity index (χ4v) is 6.88. The third-order valence-corrected chi connectivity index (χ3v) is 9.09. The van der Waals surface area contributed by atoms with Crippen LogP contribution in [0.4, 0.5) is 20.3 Å². The smallest absolute Gasteiger partial charge is 0.237 e. The lowest BCUT2D eigenvalue weighted by atomic mass is 9.90. The van der Waals surface area contributed by atoms with E-state index in [1.165, 1.54) is 12.1 Å². The van der Waals surface area contributed by atoms with E-state index in [1.807, 2.05) is 18.5 Å². The van der Waals surface area contributed by atoms with Gasteiger partial charge in [0.1, 0.15) is 23.5 Å². The first-order valence-electron chi connectivity index (χ1n) is 14.2. The van der Waals surface area contributed by atoms with Crippen molar-refractivity contribution in [2.75, 3.05) is 17.0 Å². The number of fused-ring (bicyclic) bond motifs is 1. The first-order chi connectivity index (χ1) is 20.4. The zero-order valence-corrected chi connectivity index (χ0v) is 25.8. The summed E-state index contributed by atoms with van der Waals surface area (Å²) < 4.78 is 58.5. The van der Waals surface area contributed by atoms with Gasteiger partial charge in [-0.1, -0.05) is 41.9 Å². The highest BCUT2D eigenvalue weighted by atomic mass is 35.5. The number of anilines is 2. The number of rotatable bonds is 10. The molecule has 0 spiro atoms. The van der Waals surface area contributed by atoms with Gasteiger partial charge in [0, 0.05) is 41.0 Å². The van der Waals surface area contributed by atoms with Crippen molar-refractivity contribution < 1.29 is 17.2 Å². The van der Waals surface area contributed by atoms with E-state index < -0.39 is 27.8 Å². The Balaban J connectivity index is 1.48. The molecule has 5 rings (SSSR count). The van der Waals surface area contributed by atoms with Gasteiger partial charge in [-0.05, 0) is 69.4 Å². The zero-order chi connectivity index (χ0) is 30.9. The summed E-state index contributed by atoms with van der Waals surface area (Å²) in [6.07, 6.45) is 5.38. The van der Waals surface area contributed by atoms with Gasteiger partial charge in [0.05, 0.1) is 22.3 Å². The molecule has 0 aliphatic heterocycles. The topological polar surface area (TPSA) is 115 Å². The molecule has 2 atom stereocenters. The highest BCUT2D eigenvalue weighted by molar-refractivity contribution is 7.91. The minimum absolute atomic E-state index is 0.0396. The van der Waals surface area contributed by atoms with Gasteiger partial charge in [0.15, 0.2) is 0 Å². The quantitative estimate of drug-likeness (QED) is 0.176. The Bertz CT molecular complexity index is 1790. The van der Waals surface area contributed by atoms with Crippen molar-refractivity contribution in [3.63, 3.8) is 0 Å². The van der Waals surface area contributed by atoms with Crippen LogP contribution in [0.25, 0.3) is 27.7 Å². The molecule has 12 heteroatoms. The van der Waals surface area contributed by atoms with Crippen molar-refractivity contribution in [1.29, 1.82) is 0 Å². The van der Waals surface area contributed by atoms with E-state index in [4.69, 9.17) is 22.4 Å². The van der Waals surface area contributed by atoms with Crippen LogP contribution in [-0.2, 0) is 15.8 Å². The van der Waals surface area contributed by atoms with Crippen LogP contribution in [0.1, 0.15) is 57.2 Å². The number of sulfonamides is 1. The van der Waals surface area contributed by atoms with Gasteiger partial charge in [-0.3, -0.25) is 9.40 Å². The second-order valence-electron chi connectivity index (χ2n) is 11.2. The van der Waals surface area contributed by atoms with Crippen molar-refractivity contribution in [2.45, 2.75) is 64.0 Å². The average molecular weight is 629 g/mol. The maximum absolute atomic E-state index is 15.4. The van der Waals surface area contributed by atoms with E-state index >= 15 is 4.39 Å². The van der Waals surface area contributed by atoms with Crippen molar-refractivity contribution in [3.8, 4) is 11.3 Å². The molecule has 0 saturated heterocycles. The van der Waals surface area contributed by atoms with E-state index in [0.29, 0.717) is 33.8 Å². The standard InChI is InChI=1S/C31H35ClF2N6O2S/c1-18(2)40-30-24(20-8-11-23(12-9-20)36-15-19(3)33)16-37-31(35)28(30)29(38-40)21-10-13-27(26(34)14-21)39-43(41,42)17-22-6-4-5-7-25(22)32/h4-8,10,13-14,16,18-19,23,36,39H,9,11-12,15,17H2,1-3H3,(H2,35,37)/t19-,23+/m0/s1. The highest BCUT2D eigenvalue weighted by Crippen LogP contribution is 2.39. The van der Waals surface area contributed by atoms with E-state index in [9.17, 15) is 12.8 Å². The number of allylic oxidation sites excluding steroid dienone is 1. The maximum atomic E-state index is 15.4. The van der Waals surface area contributed by atoms with Crippen LogP contribution in [0.2, 0.25) is 5.02 Å². The Labute approximate surface area is 255 Å². The highest BCUT2D eigenvalue weighted by Gasteiger charge is 2.25. The number of nitrogens with one attached hydrogen (secondary N) is 2. The van der Waals surface area contributed by atoms with Gasteiger partial charge in [-0.2, -0.15) is 5.10 Å². The van der Waals surface area contributed by atoms with Crippen LogP contribution < -0.4 is 15.8 Å². The second kappa shape index (κ2) is 12.6. The number of nitrogens with zero attached hydrogens (tertiary/aromatic N) is 3. The summed E-state index contributed by atoms with van der Waals surface area (Å²) in [5, 5.41) is 9.04. The van der Waals surface area contributed by atoms with Crippen LogP contribution in [0.5, 0.6) is 0 Å². The van der Waals surface area contributed by atoms with E-state index in [0.717, 1.165) is 35.9 Å². The molecule has 2 aromatic carbocycles. The molecule has 2 aromatic heterocycles. The van der Waals surface area contributed by atoms with Gasteiger partial charge >= 0.3 is 0 Å². The fraction of sp³-hybridized carbons (Fsp3) is 0.355. The zero-order valence-electron chi connectivity index (χ0n) is 24.2. The van der Waals surface area contributed by atoms with E-state index in [-0.39, 0.29) is 23.6 Å². The summed E-state index contributed by atoms with van der Waals surface area (Å²) in [7, 11) is -3.94. The van der Waals surface area contributed by atoms with Crippen molar-refractivity contribution in [1.82, 2.24) is 20.1 Å². The minimum Gasteiger partial charge on any atom is -0.383 e. The Kier molecular flexibility index (Phi) is 9.05. The maximum Gasteiger partial charge on any atom is 0.237 e. The molecular weight excluding hydrogens is 594 g/mol. The monoisotopic (exact) mass is 628 g/mol. The molecule has 0 bridgehead atoms. The molecule has 2 heterocycles. The first-order valence-corrected chi connectivity index (χ1v) is 16.2. The summed E-state index contributed by atoms with van der Waals surface area (Å²) in [4.78, 5) is 4.48. The van der Waals surface area contributed by atoms with Gasteiger partial charge < -0.3 is 11.1 Å². The molecule has 1 aliphatic rings. The molecule has 8 nitrogen and oxygen atoms in total. The number of hydrogen-bond donors (Lipinski definition) is 3. The Morgan fingerprint density at radius 3 is 2.60 bits per heavy atom. The minimum atomic E-state index is -3.94. The predicted molar refractivity (Wildman–Crippen MR) is 170 cm³/mol. The molecule has 0 unspecified atom stereocenters. The third-order valence-electron chi connectivity index (χ3n) is 7.50. The number of aromatic nitrogens is 3. The summed E-state index contributed by atoms with van der Waals surface area (Å²) in [5.41, 5.74) is 10.3. The van der Waals surface area contributed by atoms with E-state index in [1.54, 1.807) is 43.5 Å². The molecule has 0 amide bonds. The number of benzene rings is 2. The lowest BCUT2D eigenvalue weighted by Crippen LogP contribution is -2.34. The SMILES string of the molecule is CC(C)n1nc(-c2ccc(NS(=O)(=O)Cc3ccccc3Cl)c(F)c2)c2c(N)ncc(C3=CC[C@@H](NC[C@H](C)F)CC3)c21. The third kappa shape index (κ3) is 6.84. The lowest BCUT2D eigenvalue weighted by Gasteiger charge is -2.24. The normalized spacial score (nSPS) is 16.4. The second-order valence-corrected chi connectivity index (χ2v) is 13.3. The largest absolute Gasteiger partial charge is 0.383 e. The van der Waals surface area contributed by atoms with Gasteiger partial charge in [0.2, 0.25) is 10.0 Å². The number of halogens is 3. The summed E-state index contributed by atoms with van der Waals surface area (Å²) in [6.45, 7) is 5.87. The molecule has 0 radical (unpaired) electrons. The van der Waals surface area contributed by atoms with Crippen molar-refractivity contribution in [3.05, 3.63) is 76.7 Å². The Morgan fingerprint density at radius 1 is 1.19 bits per heavy atom.